The lowest BCUT2D eigenvalue weighted by Crippen LogP contribution is -2.28. The monoisotopic (exact) mass is 298 g/mol. The molecule has 0 amide bonds. The normalized spacial score (nSPS) is 11.4. The third kappa shape index (κ3) is 4.64. The second kappa shape index (κ2) is 7.49. The highest BCUT2D eigenvalue weighted by Crippen LogP contribution is 2.15. The number of ether oxygens (including phenoxy) is 1. The summed E-state index contributed by atoms with van der Waals surface area (Å²) >= 11 is 0. The van der Waals surface area contributed by atoms with E-state index < -0.39 is 34.5 Å². The molecule has 7 heteroatoms. The Morgan fingerprint density at radius 3 is 2.57 bits per heavy atom. The second-order valence-electron chi connectivity index (χ2n) is 4.26. The number of esters is 1. The van der Waals surface area contributed by atoms with E-state index in [-0.39, 0.29) is 6.61 Å². The highest BCUT2D eigenvalue weighted by Gasteiger charge is 2.24. The fourth-order valence-electron chi connectivity index (χ4n) is 1.44. The van der Waals surface area contributed by atoms with Gasteiger partial charge in [-0.3, -0.25) is 4.79 Å². The molecule has 0 radical (unpaired) electrons. The number of ketones is 1. The molecule has 0 aliphatic carbocycles. The molecule has 5 nitrogen and oxygen atoms in total. The van der Waals surface area contributed by atoms with Gasteiger partial charge in [0.2, 0.25) is 5.78 Å². The van der Waals surface area contributed by atoms with Crippen molar-refractivity contribution in [2.75, 3.05) is 20.7 Å². The van der Waals surface area contributed by atoms with Gasteiger partial charge in [0.1, 0.15) is 17.2 Å². The van der Waals surface area contributed by atoms with E-state index in [1.165, 1.54) is 5.01 Å². The van der Waals surface area contributed by atoms with Crippen LogP contribution < -0.4 is 5.43 Å². The Hall–Kier alpha value is -2.28. The van der Waals surface area contributed by atoms with Gasteiger partial charge in [-0.2, -0.15) is 0 Å². The van der Waals surface area contributed by atoms with Crippen molar-refractivity contribution in [2.45, 2.75) is 6.92 Å². The predicted molar refractivity (Wildman–Crippen MR) is 72.2 cm³/mol. The molecule has 0 aliphatic heterocycles. The quantitative estimate of drug-likeness (QED) is 0.216. The molecule has 1 rings (SSSR count). The van der Waals surface area contributed by atoms with Crippen LogP contribution in [-0.4, -0.2) is 37.5 Å². The van der Waals surface area contributed by atoms with Crippen molar-refractivity contribution < 1.29 is 23.1 Å². The topological polar surface area (TPSA) is 58.6 Å². The fourth-order valence-corrected chi connectivity index (χ4v) is 1.44. The molecule has 0 spiro atoms. The summed E-state index contributed by atoms with van der Waals surface area (Å²) in [6.45, 7) is 1.62. The first-order valence-electron chi connectivity index (χ1n) is 6.17. The van der Waals surface area contributed by atoms with E-state index in [1.807, 2.05) is 0 Å². The maximum atomic E-state index is 13.6. The Labute approximate surface area is 121 Å². The van der Waals surface area contributed by atoms with Crippen LogP contribution in [0.1, 0.15) is 17.3 Å². The highest BCUT2D eigenvalue weighted by atomic mass is 19.1. The Balaban J connectivity index is 3.18. The van der Waals surface area contributed by atoms with Gasteiger partial charge in [-0.15, -0.1) is 0 Å². The first-order chi connectivity index (χ1) is 9.86. The number of Topliss-reactive ketones (excluding diaryl/α,β-unsaturated/α-hetero) is 1. The average molecular weight is 298 g/mol. The van der Waals surface area contributed by atoms with Gasteiger partial charge in [0, 0.05) is 20.3 Å². The molecule has 0 saturated carbocycles. The maximum absolute atomic E-state index is 13.6. The van der Waals surface area contributed by atoms with Gasteiger partial charge in [0.05, 0.1) is 12.2 Å². The van der Waals surface area contributed by atoms with Crippen LogP contribution in [0.15, 0.2) is 30.0 Å². The Bertz CT molecular complexity index is 571. The van der Waals surface area contributed by atoms with Gasteiger partial charge in [-0.1, -0.05) is 0 Å². The van der Waals surface area contributed by atoms with Crippen LogP contribution in [0, 0.1) is 11.6 Å². The summed E-state index contributed by atoms with van der Waals surface area (Å²) in [4.78, 5) is 24.0. The van der Waals surface area contributed by atoms with Crippen LogP contribution in [-0.2, 0) is 9.53 Å². The van der Waals surface area contributed by atoms with Crippen LogP contribution in [0.2, 0.25) is 0 Å². The van der Waals surface area contributed by atoms with Crippen LogP contribution in [0.25, 0.3) is 0 Å². The third-order valence-corrected chi connectivity index (χ3v) is 2.38. The molecule has 0 saturated heterocycles. The van der Waals surface area contributed by atoms with Crippen LogP contribution in [0.3, 0.4) is 0 Å². The van der Waals surface area contributed by atoms with Crippen molar-refractivity contribution in [3.8, 4) is 0 Å². The third-order valence-electron chi connectivity index (χ3n) is 2.38. The average Bonchev–Trinajstić information content (AvgIpc) is 2.41. The van der Waals surface area contributed by atoms with E-state index >= 15 is 0 Å². The lowest BCUT2D eigenvalue weighted by molar-refractivity contribution is -0.138. The number of hydrogen-bond donors (Lipinski definition) is 1. The minimum Gasteiger partial charge on any atom is -0.462 e. The van der Waals surface area contributed by atoms with Crippen molar-refractivity contribution >= 4 is 11.8 Å². The Morgan fingerprint density at radius 2 is 2.00 bits per heavy atom. The van der Waals surface area contributed by atoms with Gasteiger partial charge in [0.25, 0.3) is 0 Å². The second-order valence-corrected chi connectivity index (χ2v) is 4.26. The summed E-state index contributed by atoms with van der Waals surface area (Å²) in [6.07, 6.45) is 1.09. The number of nitrogens with one attached hydrogen (secondary N) is 1. The molecule has 1 N–H and O–H groups in total. The van der Waals surface area contributed by atoms with Gasteiger partial charge in [0.15, 0.2) is 0 Å². The molecule has 1 aromatic carbocycles. The first kappa shape index (κ1) is 16.8. The van der Waals surface area contributed by atoms with Crippen molar-refractivity contribution in [3.05, 3.63) is 47.2 Å². The zero-order valence-electron chi connectivity index (χ0n) is 11.9. The number of carbonyl (C=O) groups is 2. The number of halogens is 2. The molecule has 114 valence electrons. The minimum atomic E-state index is -0.959. The lowest BCUT2D eigenvalue weighted by Gasteiger charge is -2.12. The molecule has 0 bridgehead atoms. The number of hydrazine groups is 1. The van der Waals surface area contributed by atoms with Gasteiger partial charge >= 0.3 is 5.97 Å². The summed E-state index contributed by atoms with van der Waals surface area (Å²) in [7, 11) is 3.26. The van der Waals surface area contributed by atoms with Gasteiger partial charge in [-0.05, 0) is 25.1 Å². The summed E-state index contributed by atoms with van der Waals surface area (Å²) in [6, 6.07) is 2.45. The van der Waals surface area contributed by atoms with E-state index in [2.05, 4.69) is 5.43 Å². The molecule has 0 atom stereocenters. The van der Waals surface area contributed by atoms with Crippen molar-refractivity contribution in [3.63, 3.8) is 0 Å². The smallest absolute Gasteiger partial charge is 0.343 e. The number of benzene rings is 1. The minimum absolute atomic E-state index is 0.0526. The predicted octanol–water partition coefficient (Wildman–Crippen LogP) is 1.66. The van der Waals surface area contributed by atoms with Gasteiger partial charge < -0.3 is 10.2 Å². The van der Waals surface area contributed by atoms with Crippen molar-refractivity contribution in [1.82, 2.24) is 10.4 Å². The summed E-state index contributed by atoms with van der Waals surface area (Å²) in [5.41, 5.74) is 1.65. The van der Waals surface area contributed by atoms with E-state index in [0.29, 0.717) is 0 Å². The molecular weight excluding hydrogens is 282 g/mol. The molecule has 0 fully saturated rings. The van der Waals surface area contributed by atoms with Crippen molar-refractivity contribution in [1.29, 1.82) is 0 Å². The zero-order chi connectivity index (χ0) is 16.0. The molecule has 0 heterocycles. The molecule has 0 aromatic heterocycles. The standard InChI is InChI=1S/C14H16F2N2O3/c1-4-21-14(20)11(8-17-18(2)3)13(19)10-7-9(15)5-6-12(10)16/h5-8,17H,4H2,1-3H3. The number of rotatable bonds is 6. The van der Waals surface area contributed by atoms with Gasteiger partial charge in [-0.25, -0.2) is 18.6 Å². The zero-order valence-corrected chi connectivity index (χ0v) is 11.9. The fraction of sp³-hybridized carbons (Fsp3) is 0.286. The number of hydrogen-bond acceptors (Lipinski definition) is 5. The van der Waals surface area contributed by atoms with E-state index in [4.69, 9.17) is 4.74 Å². The van der Waals surface area contributed by atoms with E-state index in [1.54, 1.807) is 21.0 Å². The summed E-state index contributed by atoms with van der Waals surface area (Å²) in [5.74, 6) is -3.56. The van der Waals surface area contributed by atoms with E-state index in [9.17, 15) is 18.4 Å². The molecular formula is C14H16F2N2O3. The van der Waals surface area contributed by atoms with Crippen LogP contribution in [0.4, 0.5) is 8.78 Å². The number of nitrogens with zero attached hydrogens (tertiary/aromatic N) is 1. The van der Waals surface area contributed by atoms with Crippen LogP contribution in [0.5, 0.6) is 0 Å². The largest absolute Gasteiger partial charge is 0.462 e. The Kier molecular flexibility index (Phi) is 5.98. The summed E-state index contributed by atoms with van der Waals surface area (Å²) in [5, 5.41) is 1.47. The lowest BCUT2D eigenvalue weighted by atomic mass is 10.0. The first-order valence-corrected chi connectivity index (χ1v) is 6.17. The van der Waals surface area contributed by atoms with E-state index in [0.717, 1.165) is 24.4 Å². The highest BCUT2D eigenvalue weighted by molar-refractivity contribution is 6.24. The molecule has 21 heavy (non-hydrogen) atoms. The maximum Gasteiger partial charge on any atom is 0.343 e. The SMILES string of the molecule is CCOC(=O)C(=CNN(C)C)C(=O)c1cc(F)ccc1F. The van der Waals surface area contributed by atoms with Crippen LogP contribution >= 0.6 is 0 Å². The number of carbonyl (C=O) groups excluding carboxylic acids is 2. The molecule has 0 unspecified atom stereocenters. The summed E-state index contributed by atoms with van der Waals surface area (Å²) < 4.78 is 31.5. The Morgan fingerprint density at radius 1 is 1.33 bits per heavy atom. The van der Waals surface area contributed by atoms with Crippen molar-refractivity contribution in [2.24, 2.45) is 0 Å². The molecule has 0 aliphatic rings. The molecule has 1 aromatic rings.